The largest absolute Gasteiger partial charge is 0.264 e. The summed E-state index contributed by atoms with van der Waals surface area (Å²) >= 11 is 0. The molecule has 0 aliphatic rings. The van der Waals surface area contributed by atoms with Gasteiger partial charge in [0, 0.05) is 81.0 Å². The van der Waals surface area contributed by atoms with Crippen LogP contribution in [-0.2, 0) is 0 Å². The number of hydrogen-bond acceptors (Lipinski definition) is 12. The van der Waals surface area contributed by atoms with Crippen LogP contribution in [0.1, 0.15) is 0 Å². The first-order chi connectivity index (χ1) is 72.3. The van der Waals surface area contributed by atoms with Crippen molar-refractivity contribution < 1.29 is 0 Å². The van der Waals surface area contributed by atoms with Crippen LogP contribution >= 0.6 is 0 Å². The Labute approximate surface area is 837 Å². The van der Waals surface area contributed by atoms with E-state index in [1.165, 1.54) is 141 Å². The maximum atomic E-state index is 5.08. The van der Waals surface area contributed by atoms with Gasteiger partial charge in [0.1, 0.15) is 24.0 Å². The third-order valence-corrected chi connectivity index (χ3v) is 28.5. The molecule has 0 N–H and O–H groups in total. The van der Waals surface area contributed by atoms with E-state index in [9.17, 15) is 0 Å². The van der Waals surface area contributed by atoms with E-state index >= 15 is 0 Å². The smallest absolute Gasteiger partial charge is 0.181 e. The quantitative estimate of drug-likeness (QED) is 0.126. The van der Waals surface area contributed by atoms with Gasteiger partial charge in [0.15, 0.2) is 23.3 Å². The number of rotatable bonds is 9. The van der Waals surface area contributed by atoms with Gasteiger partial charge in [-0.2, -0.15) is 0 Å². The van der Waals surface area contributed by atoms with Gasteiger partial charge in [-0.15, -0.1) is 0 Å². The predicted octanol–water partition coefficient (Wildman–Crippen LogP) is 34.1. The Morgan fingerprint density at radius 2 is 0.527 bits per heavy atom. The molecule has 0 unspecified atom stereocenters. The minimum atomic E-state index is 0.520. The van der Waals surface area contributed by atoms with Crippen LogP contribution in [-0.4, -0.2) is 59.8 Å². The molecule has 0 bridgehead atoms. The summed E-state index contributed by atoms with van der Waals surface area (Å²) in [4.78, 5) is 55.4. The van der Waals surface area contributed by atoms with Crippen molar-refractivity contribution in [2.75, 3.05) is 0 Å². The number of hydrogen-bond donors (Lipinski definition) is 0. The molecule has 30 aromatic rings. The second-order valence-electron chi connectivity index (χ2n) is 37.0. The molecule has 8 aromatic heterocycles. The van der Waals surface area contributed by atoms with Crippen LogP contribution in [0.15, 0.2) is 499 Å². The summed E-state index contributed by atoms with van der Waals surface area (Å²) in [6.07, 6.45) is 14.1. The topological polar surface area (TPSA) is 155 Å². The molecule has 678 valence electrons. The van der Waals surface area contributed by atoms with Crippen LogP contribution in [0.2, 0.25) is 0 Å². The Morgan fingerprint density at radius 1 is 0.144 bits per heavy atom. The van der Waals surface area contributed by atoms with Crippen molar-refractivity contribution in [3.63, 3.8) is 0 Å². The molecule has 0 amide bonds. The molecule has 12 nitrogen and oxygen atoms in total. The number of aromatic nitrogens is 12. The van der Waals surface area contributed by atoms with Crippen LogP contribution in [0.4, 0.5) is 0 Å². The van der Waals surface area contributed by atoms with Gasteiger partial charge in [0.05, 0.1) is 22.4 Å². The third-order valence-electron chi connectivity index (χ3n) is 28.5. The minimum Gasteiger partial charge on any atom is -0.264 e. The number of benzene rings is 22. The summed E-state index contributed by atoms with van der Waals surface area (Å²) in [5.41, 5.74) is 16.7. The first-order valence-electron chi connectivity index (χ1n) is 48.9. The number of fused-ring (bicyclic) bond motifs is 27. The normalized spacial score (nSPS) is 11.6. The maximum Gasteiger partial charge on any atom is 0.181 e. The van der Waals surface area contributed by atoms with Gasteiger partial charge in [-0.1, -0.05) is 346 Å². The van der Waals surface area contributed by atoms with Gasteiger partial charge >= 0.3 is 0 Å². The van der Waals surface area contributed by atoms with Gasteiger partial charge in [0.2, 0.25) is 0 Å². The highest BCUT2D eigenvalue weighted by atomic mass is 15.0. The molecule has 0 spiro atoms. The van der Waals surface area contributed by atoms with E-state index < -0.39 is 0 Å². The lowest BCUT2D eigenvalue weighted by atomic mass is 9.88. The lowest BCUT2D eigenvalue weighted by molar-refractivity contribution is 1.05. The number of nitrogens with zero attached hydrogens (tertiary/aromatic N) is 12. The number of pyridine rings is 6. The molecular formula is C134H82N12. The van der Waals surface area contributed by atoms with Gasteiger partial charge in [0.25, 0.3) is 0 Å². The van der Waals surface area contributed by atoms with Crippen molar-refractivity contribution in [2.24, 2.45) is 0 Å². The summed E-state index contributed by atoms with van der Waals surface area (Å²) in [6.45, 7) is 0. The van der Waals surface area contributed by atoms with E-state index in [0.717, 1.165) is 110 Å². The van der Waals surface area contributed by atoms with Crippen LogP contribution in [0.25, 0.3) is 285 Å². The van der Waals surface area contributed by atoms with Crippen molar-refractivity contribution in [1.29, 1.82) is 0 Å². The Hall–Kier alpha value is -19.8. The van der Waals surface area contributed by atoms with E-state index in [4.69, 9.17) is 19.9 Å². The molecule has 0 aliphatic heterocycles. The lowest BCUT2D eigenvalue weighted by Gasteiger charge is -2.16. The fourth-order valence-corrected chi connectivity index (χ4v) is 21.4. The van der Waals surface area contributed by atoms with Gasteiger partial charge in [-0.3, -0.25) is 24.9 Å². The SMILES string of the molecule is c1cc(-c2ccc3cnccc3c2)cc(-c2ccc3c(ccc4c5ccccc5ccc34)c2)c1.c1ccc(-c2ncnc(-c3cc4cc(-c5ncnc(-c6ccccn6)n5)c5ccc6ccccc6c5c4c4ccccc34)n2)nc1.c1ccc2c(c1)ccc1c3ccc(-c4ccc5ccc6ccccc6c5n4)cc3ccc21.c1cnc2cc(-c3ccnc(-c4ccc5c(ccc6c7ccccc7ccc56)c4)c3)ccc2c1. The van der Waals surface area contributed by atoms with Gasteiger partial charge in [-0.25, -0.2) is 34.9 Å². The molecule has 0 radical (unpaired) electrons. The highest BCUT2D eigenvalue weighted by Crippen LogP contribution is 2.46. The van der Waals surface area contributed by atoms with Crippen LogP contribution in [0.3, 0.4) is 0 Å². The van der Waals surface area contributed by atoms with E-state index in [1.54, 1.807) is 25.0 Å². The van der Waals surface area contributed by atoms with Crippen molar-refractivity contribution in [2.45, 2.75) is 0 Å². The predicted molar refractivity (Wildman–Crippen MR) is 606 cm³/mol. The first-order valence-corrected chi connectivity index (χ1v) is 48.9. The molecule has 0 fully saturated rings. The van der Waals surface area contributed by atoms with E-state index in [0.29, 0.717) is 34.7 Å². The summed E-state index contributed by atoms with van der Waals surface area (Å²) in [5.74, 6) is 2.19. The Morgan fingerprint density at radius 3 is 1.10 bits per heavy atom. The highest BCUT2D eigenvalue weighted by molar-refractivity contribution is 6.32. The Kier molecular flexibility index (Phi) is 21.3. The average molecular weight is 1860 g/mol. The molecular weight excluding hydrogens is 1780 g/mol. The minimum absolute atomic E-state index is 0.520. The van der Waals surface area contributed by atoms with Crippen LogP contribution in [0.5, 0.6) is 0 Å². The van der Waals surface area contributed by atoms with E-state index in [2.05, 4.69) is 446 Å². The van der Waals surface area contributed by atoms with Gasteiger partial charge in [-0.05, 0) is 287 Å². The second-order valence-corrected chi connectivity index (χ2v) is 37.0. The zero-order valence-corrected chi connectivity index (χ0v) is 78.7. The lowest BCUT2D eigenvalue weighted by Crippen LogP contribution is -1.99. The second kappa shape index (κ2) is 36.4. The summed E-state index contributed by atoms with van der Waals surface area (Å²) in [7, 11) is 0. The summed E-state index contributed by atoms with van der Waals surface area (Å²) in [6, 6.07) is 159. The fourth-order valence-electron chi connectivity index (χ4n) is 21.4. The monoisotopic (exact) mass is 1860 g/mol. The molecule has 0 saturated heterocycles. The Bertz CT molecular complexity index is 10200. The molecule has 146 heavy (non-hydrogen) atoms. The molecule has 22 aromatic carbocycles. The van der Waals surface area contributed by atoms with Crippen molar-refractivity contribution in [1.82, 2.24) is 59.8 Å². The molecule has 30 rings (SSSR count). The highest BCUT2D eigenvalue weighted by Gasteiger charge is 2.23. The molecule has 0 atom stereocenters. The van der Waals surface area contributed by atoms with Crippen molar-refractivity contribution in [3.05, 3.63) is 499 Å². The van der Waals surface area contributed by atoms with Crippen LogP contribution in [0, 0.1) is 0 Å². The van der Waals surface area contributed by atoms with E-state index in [1.807, 2.05) is 67.3 Å². The zero-order valence-electron chi connectivity index (χ0n) is 78.7. The Balaban J connectivity index is 0.0000000975. The maximum absolute atomic E-state index is 5.08. The average Bonchev–Trinajstić information content (AvgIpc) is 0.710. The fraction of sp³-hybridized carbons (Fsp3) is 0. The van der Waals surface area contributed by atoms with E-state index in [-0.39, 0.29) is 0 Å². The van der Waals surface area contributed by atoms with Crippen LogP contribution < -0.4 is 0 Å². The summed E-state index contributed by atoms with van der Waals surface area (Å²) < 4.78 is 0. The zero-order chi connectivity index (χ0) is 96.5. The first kappa shape index (κ1) is 85.4. The van der Waals surface area contributed by atoms with Crippen molar-refractivity contribution in [3.8, 4) is 102 Å². The molecule has 0 saturated carbocycles. The summed E-state index contributed by atoms with van der Waals surface area (Å²) in [5, 5.41) is 39.1. The molecule has 8 heterocycles. The van der Waals surface area contributed by atoms with Gasteiger partial charge < -0.3 is 0 Å². The third kappa shape index (κ3) is 15.7. The molecule has 12 heteroatoms. The standard InChI is InChI=1S/C38H22N8.C33H21N.C32H20N2.C31H19N/c1-2-10-25-23(9-1)15-16-28-30(36-42-22-44-38(46-36)32-14-6-8-18-40-32)20-24-19-29(26-11-3-4-12-27(26)33(24)34(25)28)35-41-21-43-37(45-35)31-13-5-7-17-39-31;1-2-7-30-22(4-1)10-14-33-31-13-11-26(20-28(31)12-15-32(30)33)24-6-3-5-23(18-24)25-8-9-29-21-34-17-16-27(29)19-25;1-2-6-27-21(4-1)9-13-30-28-12-11-26(18-25(28)10-14-29(27)30)32-20-24(15-17-34-32)23-8-7-22-5-3-16-33-31(22)19-23;1-3-7-25-20(5-1)11-16-29-26-15-13-24(19-23(26)12-17-28(25)29)30-18-14-22-10-9-21-6-2-4-8-27(21)31(22)32-30/h1-22H;1-21H;1-20H;1-19H. The molecule has 0 aliphatic carbocycles. The van der Waals surface area contributed by atoms with Crippen molar-refractivity contribution >= 4 is 183 Å².